The van der Waals surface area contributed by atoms with Gasteiger partial charge in [0.1, 0.15) is 0 Å². The van der Waals surface area contributed by atoms with Crippen molar-refractivity contribution in [1.29, 1.82) is 0 Å². The highest BCUT2D eigenvalue weighted by Crippen LogP contribution is 2.52. The topological polar surface area (TPSA) is 64.4 Å². The van der Waals surface area contributed by atoms with Gasteiger partial charge in [0, 0.05) is 37.3 Å². The maximum absolute atomic E-state index is 13.6. The lowest BCUT2D eigenvalue weighted by atomic mass is 9.91. The zero-order valence-corrected chi connectivity index (χ0v) is 17.4. The number of nitrogens with zero attached hydrogens (tertiary/aromatic N) is 3. The molecule has 2 aromatic carbocycles. The summed E-state index contributed by atoms with van der Waals surface area (Å²) in [5.74, 6) is -0.133. The third-order valence-corrected chi connectivity index (χ3v) is 7.05. The van der Waals surface area contributed by atoms with Crippen LogP contribution in [0.4, 0.5) is 0 Å². The first-order valence-electron chi connectivity index (χ1n) is 10.7. The zero-order valence-electron chi connectivity index (χ0n) is 17.4. The fraction of sp³-hybridized carbons (Fsp3) is 0.320. The highest BCUT2D eigenvalue weighted by Gasteiger charge is 2.57. The van der Waals surface area contributed by atoms with Gasteiger partial charge in [-0.1, -0.05) is 42.5 Å². The molecule has 3 heterocycles. The molecule has 156 valence electrons. The van der Waals surface area contributed by atoms with E-state index in [0.717, 1.165) is 35.2 Å². The molecule has 0 radical (unpaired) electrons. The van der Waals surface area contributed by atoms with Crippen LogP contribution in [0.25, 0.3) is 11.3 Å². The second kappa shape index (κ2) is 6.30. The highest BCUT2D eigenvalue weighted by atomic mass is 16.6. The lowest BCUT2D eigenvalue weighted by molar-refractivity contribution is -0.134. The third kappa shape index (κ3) is 2.67. The molecule has 1 aliphatic carbocycles. The Hall–Kier alpha value is -3.41. The van der Waals surface area contributed by atoms with E-state index < -0.39 is 11.0 Å². The van der Waals surface area contributed by atoms with Crippen LogP contribution in [0.3, 0.4) is 0 Å². The molecule has 1 aromatic heterocycles. The summed E-state index contributed by atoms with van der Waals surface area (Å²) in [4.78, 5) is 27.8. The van der Waals surface area contributed by atoms with Crippen molar-refractivity contribution in [2.24, 2.45) is 7.05 Å². The molecule has 1 saturated carbocycles. The predicted octanol–water partition coefficient (Wildman–Crippen LogP) is 3.42. The van der Waals surface area contributed by atoms with E-state index in [9.17, 15) is 9.59 Å². The number of esters is 1. The number of aromatic nitrogens is 2. The zero-order chi connectivity index (χ0) is 21.2. The van der Waals surface area contributed by atoms with Crippen LogP contribution in [0.5, 0.6) is 0 Å². The Morgan fingerprint density at radius 1 is 1.03 bits per heavy atom. The van der Waals surface area contributed by atoms with Crippen LogP contribution in [0.1, 0.15) is 40.7 Å². The van der Waals surface area contributed by atoms with Gasteiger partial charge in [-0.15, -0.1) is 0 Å². The Morgan fingerprint density at radius 3 is 2.52 bits per heavy atom. The summed E-state index contributed by atoms with van der Waals surface area (Å²) in [6.07, 6.45) is 4.28. The summed E-state index contributed by atoms with van der Waals surface area (Å²) in [6, 6.07) is 17.7. The average molecular weight is 413 g/mol. The van der Waals surface area contributed by atoms with Crippen molar-refractivity contribution < 1.29 is 14.3 Å². The van der Waals surface area contributed by atoms with Gasteiger partial charge in [-0.3, -0.25) is 9.48 Å². The van der Waals surface area contributed by atoms with Gasteiger partial charge in [0.25, 0.3) is 0 Å². The van der Waals surface area contributed by atoms with E-state index in [0.29, 0.717) is 25.1 Å². The Balaban J connectivity index is 1.25. The van der Waals surface area contributed by atoms with Crippen molar-refractivity contribution in [3.63, 3.8) is 0 Å². The average Bonchev–Trinajstić information content (AvgIpc) is 3.17. The molecule has 1 amide bonds. The maximum Gasteiger partial charge on any atom is 0.339 e. The Bertz CT molecular complexity index is 1210. The highest BCUT2D eigenvalue weighted by molar-refractivity contribution is 5.96. The summed E-state index contributed by atoms with van der Waals surface area (Å²) in [6.45, 7) is 1.04. The number of ether oxygens (including phenoxy) is 1. The number of rotatable bonds is 3. The van der Waals surface area contributed by atoms with Crippen LogP contribution < -0.4 is 0 Å². The molecule has 0 N–H and O–H groups in total. The van der Waals surface area contributed by atoms with Crippen LogP contribution in [0, 0.1) is 0 Å². The van der Waals surface area contributed by atoms with Crippen molar-refractivity contribution >= 4 is 11.9 Å². The number of likely N-dealkylation sites (tertiary alicyclic amines) is 1. The van der Waals surface area contributed by atoms with Gasteiger partial charge in [-0.25, -0.2) is 4.79 Å². The largest absolute Gasteiger partial charge is 0.449 e. The van der Waals surface area contributed by atoms with Crippen molar-refractivity contribution in [2.75, 3.05) is 13.1 Å². The van der Waals surface area contributed by atoms with E-state index in [-0.39, 0.29) is 11.9 Å². The number of carbonyl (C=O) groups excluding carboxylic acids is 2. The standard InChI is InChI=1S/C25H23N3O3/c1-27-14-10-21(26-27)17-6-8-18(9-7-17)24(11-12-24)23(30)28-15-13-25(16-28)20-5-3-2-4-19(20)22(29)31-25/h2-10,14H,11-13,15-16H2,1H3. The number of fused-ring (bicyclic) bond motifs is 2. The van der Waals surface area contributed by atoms with Crippen molar-refractivity contribution in [1.82, 2.24) is 14.7 Å². The van der Waals surface area contributed by atoms with Crippen molar-refractivity contribution in [3.8, 4) is 11.3 Å². The molecular weight excluding hydrogens is 390 g/mol. The Morgan fingerprint density at radius 2 is 1.81 bits per heavy atom. The second-order valence-electron chi connectivity index (χ2n) is 8.94. The summed E-state index contributed by atoms with van der Waals surface area (Å²) in [5.41, 5.74) is 3.43. The quantitative estimate of drug-likeness (QED) is 0.618. The first-order valence-corrected chi connectivity index (χ1v) is 10.7. The Labute approximate surface area is 180 Å². The molecule has 2 fully saturated rings. The first kappa shape index (κ1) is 18.4. The lowest BCUT2D eigenvalue weighted by Crippen LogP contribution is -2.40. The number of amides is 1. The fourth-order valence-corrected chi connectivity index (χ4v) is 5.19. The normalized spacial score (nSPS) is 23.1. The second-order valence-corrected chi connectivity index (χ2v) is 8.94. The SMILES string of the molecule is Cn1ccc(-c2ccc(C3(C(=O)N4CCC5(C4)OC(=O)c4ccccc45)CC3)cc2)n1. The van der Waals surface area contributed by atoms with Crippen molar-refractivity contribution in [2.45, 2.75) is 30.3 Å². The van der Waals surface area contributed by atoms with Gasteiger partial charge >= 0.3 is 5.97 Å². The van der Waals surface area contributed by atoms with Gasteiger partial charge in [0.15, 0.2) is 5.60 Å². The van der Waals surface area contributed by atoms with Crippen LogP contribution >= 0.6 is 0 Å². The van der Waals surface area contributed by atoms with Gasteiger partial charge in [0.2, 0.25) is 5.91 Å². The van der Waals surface area contributed by atoms with E-state index in [1.54, 1.807) is 4.68 Å². The molecule has 1 spiro atoms. The molecule has 1 unspecified atom stereocenters. The van der Waals surface area contributed by atoms with Crippen LogP contribution in [-0.4, -0.2) is 39.6 Å². The van der Waals surface area contributed by atoms with E-state index in [1.807, 2.05) is 60.6 Å². The van der Waals surface area contributed by atoms with E-state index in [2.05, 4.69) is 17.2 Å². The number of carbonyl (C=O) groups is 2. The minimum absolute atomic E-state index is 0.149. The molecule has 1 atom stereocenters. The van der Waals surface area contributed by atoms with Crippen LogP contribution in [0.15, 0.2) is 60.8 Å². The van der Waals surface area contributed by atoms with Crippen LogP contribution in [-0.2, 0) is 27.6 Å². The lowest BCUT2D eigenvalue weighted by Gasteiger charge is -2.27. The molecule has 6 rings (SSSR count). The van der Waals surface area contributed by atoms with E-state index >= 15 is 0 Å². The Kier molecular flexibility index (Phi) is 3.73. The molecule has 2 aliphatic heterocycles. The molecule has 31 heavy (non-hydrogen) atoms. The molecule has 6 heteroatoms. The molecular formula is C25H23N3O3. The minimum atomic E-state index is -0.692. The summed E-state index contributed by atoms with van der Waals surface area (Å²) >= 11 is 0. The monoisotopic (exact) mass is 413 g/mol. The number of aryl methyl sites for hydroxylation is 1. The van der Waals surface area contributed by atoms with E-state index in [4.69, 9.17) is 4.74 Å². The minimum Gasteiger partial charge on any atom is -0.449 e. The molecule has 3 aromatic rings. The van der Waals surface area contributed by atoms with Crippen molar-refractivity contribution in [3.05, 3.63) is 77.5 Å². The molecule has 6 nitrogen and oxygen atoms in total. The number of hydrogen-bond donors (Lipinski definition) is 0. The molecule has 3 aliphatic rings. The van der Waals surface area contributed by atoms with Crippen LogP contribution in [0.2, 0.25) is 0 Å². The summed E-state index contributed by atoms with van der Waals surface area (Å²) < 4.78 is 7.61. The summed E-state index contributed by atoms with van der Waals surface area (Å²) in [7, 11) is 1.90. The smallest absolute Gasteiger partial charge is 0.339 e. The summed E-state index contributed by atoms with van der Waals surface area (Å²) in [5, 5.41) is 4.45. The fourth-order valence-electron chi connectivity index (χ4n) is 5.19. The van der Waals surface area contributed by atoms with E-state index in [1.165, 1.54) is 0 Å². The predicted molar refractivity (Wildman–Crippen MR) is 114 cm³/mol. The third-order valence-electron chi connectivity index (χ3n) is 7.05. The molecule has 1 saturated heterocycles. The maximum atomic E-state index is 13.6. The van der Waals surface area contributed by atoms with Gasteiger partial charge in [-0.2, -0.15) is 5.10 Å². The number of hydrogen-bond acceptors (Lipinski definition) is 4. The van der Waals surface area contributed by atoms with Gasteiger partial charge in [-0.05, 0) is 30.5 Å². The van der Waals surface area contributed by atoms with Gasteiger partial charge < -0.3 is 9.64 Å². The van der Waals surface area contributed by atoms with Gasteiger partial charge in [0.05, 0.1) is 23.2 Å². The number of benzene rings is 2. The molecule has 0 bridgehead atoms. The first-order chi connectivity index (χ1) is 15.0.